The Morgan fingerprint density at radius 3 is 2.55 bits per heavy atom. The van der Waals surface area contributed by atoms with Gasteiger partial charge in [0.2, 0.25) is 0 Å². The molecule has 0 aromatic heterocycles. The number of likely N-dealkylation sites (tertiary alicyclic amines) is 1. The van der Waals surface area contributed by atoms with Crippen molar-refractivity contribution in [1.82, 2.24) is 4.90 Å². The van der Waals surface area contributed by atoms with Crippen molar-refractivity contribution in [3.05, 3.63) is 29.8 Å². The average Bonchev–Trinajstić information content (AvgIpc) is 2.37. The number of carbonyl (C=O) groups excluding carboxylic acids is 1. The van der Waals surface area contributed by atoms with E-state index in [4.69, 9.17) is 0 Å². The lowest BCUT2D eigenvalue weighted by Gasteiger charge is -2.38. The number of hydrogen-bond acceptors (Lipinski definition) is 4. The molecule has 1 fully saturated rings. The lowest BCUT2D eigenvalue weighted by Crippen LogP contribution is -2.57. The van der Waals surface area contributed by atoms with E-state index in [0.717, 1.165) is 10.6 Å². The average molecular weight is 313 g/mol. The standard InChI is InChI=1S/C14H19NO3S2/c1-3-19-13-8-6-5-7-12(13)14(16)15-9-11(10-15)20(17,18)4-2/h5-8,11H,3-4,9-10H2,1-2H3. The molecule has 0 atom stereocenters. The molecule has 110 valence electrons. The first-order valence-electron chi connectivity index (χ1n) is 6.72. The molecule has 1 aromatic carbocycles. The highest BCUT2D eigenvalue weighted by Gasteiger charge is 2.39. The zero-order valence-electron chi connectivity index (χ0n) is 11.7. The second-order valence-electron chi connectivity index (χ2n) is 4.71. The van der Waals surface area contributed by atoms with Gasteiger partial charge in [0.05, 0.1) is 10.8 Å². The normalized spacial score (nSPS) is 16.0. The Morgan fingerprint density at radius 1 is 1.30 bits per heavy atom. The quantitative estimate of drug-likeness (QED) is 0.781. The maximum atomic E-state index is 12.4. The smallest absolute Gasteiger partial charge is 0.255 e. The van der Waals surface area contributed by atoms with E-state index in [1.807, 2.05) is 31.2 Å². The summed E-state index contributed by atoms with van der Waals surface area (Å²) in [5.41, 5.74) is 0.673. The molecule has 0 N–H and O–H groups in total. The monoisotopic (exact) mass is 313 g/mol. The van der Waals surface area contributed by atoms with E-state index >= 15 is 0 Å². The van der Waals surface area contributed by atoms with Gasteiger partial charge in [-0.1, -0.05) is 26.0 Å². The minimum absolute atomic E-state index is 0.0656. The summed E-state index contributed by atoms with van der Waals surface area (Å²) in [6.45, 7) is 4.33. The second kappa shape index (κ2) is 6.18. The molecule has 0 radical (unpaired) electrons. The number of amides is 1. The summed E-state index contributed by atoms with van der Waals surface area (Å²) in [6, 6.07) is 7.49. The van der Waals surface area contributed by atoms with Gasteiger partial charge in [0.25, 0.3) is 5.91 Å². The number of thioether (sulfide) groups is 1. The highest BCUT2D eigenvalue weighted by atomic mass is 32.2. The molecule has 1 heterocycles. The molecule has 0 unspecified atom stereocenters. The summed E-state index contributed by atoms with van der Waals surface area (Å²) in [4.78, 5) is 15.0. The highest BCUT2D eigenvalue weighted by Crippen LogP contribution is 2.26. The molecule has 1 aliphatic heterocycles. The molecule has 20 heavy (non-hydrogen) atoms. The number of sulfone groups is 1. The minimum Gasteiger partial charge on any atom is -0.336 e. The molecule has 2 rings (SSSR count). The highest BCUT2D eigenvalue weighted by molar-refractivity contribution is 7.99. The fourth-order valence-corrected chi connectivity index (χ4v) is 4.24. The van der Waals surface area contributed by atoms with Crippen LogP contribution >= 0.6 is 11.8 Å². The number of hydrogen-bond donors (Lipinski definition) is 0. The zero-order valence-corrected chi connectivity index (χ0v) is 13.3. The Hall–Kier alpha value is -1.01. The van der Waals surface area contributed by atoms with E-state index in [2.05, 4.69) is 0 Å². The third-order valence-electron chi connectivity index (χ3n) is 3.46. The van der Waals surface area contributed by atoms with Crippen LogP contribution in [0.4, 0.5) is 0 Å². The van der Waals surface area contributed by atoms with Gasteiger partial charge in [-0.2, -0.15) is 0 Å². The molecule has 6 heteroatoms. The Labute approximate surface area is 124 Å². The Balaban J connectivity index is 2.08. The van der Waals surface area contributed by atoms with Crippen molar-refractivity contribution in [2.75, 3.05) is 24.6 Å². The van der Waals surface area contributed by atoms with Gasteiger partial charge in [0, 0.05) is 23.7 Å². The molecule has 0 aliphatic carbocycles. The predicted octanol–water partition coefficient (Wildman–Crippen LogP) is 2.06. The van der Waals surface area contributed by atoms with Crippen molar-refractivity contribution in [2.45, 2.75) is 24.0 Å². The molecule has 0 spiro atoms. The van der Waals surface area contributed by atoms with Crippen LogP contribution in [-0.4, -0.2) is 49.1 Å². The van der Waals surface area contributed by atoms with Crippen molar-refractivity contribution in [3.8, 4) is 0 Å². The van der Waals surface area contributed by atoms with Crippen LogP contribution in [0.15, 0.2) is 29.2 Å². The SMILES string of the molecule is CCSc1ccccc1C(=O)N1CC(S(=O)(=O)CC)C1. The topological polar surface area (TPSA) is 54.5 Å². The molecule has 4 nitrogen and oxygen atoms in total. The van der Waals surface area contributed by atoms with Crippen LogP contribution in [0.1, 0.15) is 24.2 Å². The van der Waals surface area contributed by atoms with Crippen LogP contribution < -0.4 is 0 Å². The number of carbonyl (C=O) groups is 1. The van der Waals surface area contributed by atoms with E-state index in [1.54, 1.807) is 23.6 Å². The van der Waals surface area contributed by atoms with Crippen LogP contribution in [0.2, 0.25) is 0 Å². The molecular formula is C14H19NO3S2. The molecular weight excluding hydrogens is 294 g/mol. The molecule has 1 amide bonds. The van der Waals surface area contributed by atoms with Gasteiger partial charge in [-0.3, -0.25) is 4.79 Å². The van der Waals surface area contributed by atoms with Crippen molar-refractivity contribution in [3.63, 3.8) is 0 Å². The first-order chi connectivity index (χ1) is 9.49. The van der Waals surface area contributed by atoms with Crippen molar-refractivity contribution >= 4 is 27.5 Å². The van der Waals surface area contributed by atoms with E-state index in [1.165, 1.54) is 0 Å². The van der Waals surface area contributed by atoms with Crippen molar-refractivity contribution < 1.29 is 13.2 Å². The number of nitrogens with zero attached hydrogens (tertiary/aromatic N) is 1. The van der Waals surface area contributed by atoms with Crippen LogP contribution in [-0.2, 0) is 9.84 Å². The molecule has 1 aliphatic rings. The summed E-state index contributed by atoms with van der Waals surface area (Å²) < 4.78 is 23.4. The predicted molar refractivity (Wildman–Crippen MR) is 82.0 cm³/mol. The summed E-state index contributed by atoms with van der Waals surface area (Å²) >= 11 is 1.63. The maximum absolute atomic E-state index is 12.4. The summed E-state index contributed by atoms with van der Waals surface area (Å²) in [5.74, 6) is 0.975. The third kappa shape index (κ3) is 3.01. The fourth-order valence-electron chi connectivity index (χ4n) is 2.16. The van der Waals surface area contributed by atoms with E-state index in [-0.39, 0.29) is 16.9 Å². The first kappa shape index (κ1) is 15.4. The largest absolute Gasteiger partial charge is 0.336 e. The molecule has 1 saturated heterocycles. The van der Waals surface area contributed by atoms with E-state index in [9.17, 15) is 13.2 Å². The van der Waals surface area contributed by atoms with Gasteiger partial charge >= 0.3 is 0 Å². The van der Waals surface area contributed by atoms with Crippen molar-refractivity contribution in [2.24, 2.45) is 0 Å². The molecule has 0 saturated carbocycles. The molecule has 0 bridgehead atoms. The van der Waals surface area contributed by atoms with Crippen LogP contribution in [0.25, 0.3) is 0 Å². The Bertz CT molecular complexity index is 592. The van der Waals surface area contributed by atoms with Crippen LogP contribution in [0, 0.1) is 0 Å². The Morgan fingerprint density at radius 2 is 1.95 bits per heavy atom. The van der Waals surface area contributed by atoms with Gasteiger partial charge in [0.15, 0.2) is 9.84 Å². The van der Waals surface area contributed by atoms with Gasteiger partial charge in [-0.25, -0.2) is 8.42 Å². The molecule has 1 aromatic rings. The maximum Gasteiger partial charge on any atom is 0.255 e. The van der Waals surface area contributed by atoms with Crippen LogP contribution in [0.3, 0.4) is 0 Å². The van der Waals surface area contributed by atoms with Gasteiger partial charge in [-0.15, -0.1) is 11.8 Å². The first-order valence-corrected chi connectivity index (χ1v) is 9.42. The van der Waals surface area contributed by atoms with E-state index in [0.29, 0.717) is 18.7 Å². The second-order valence-corrected chi connectivity index (χ2v) is 8.59. The fraction of sp³-hybridized carbons (Fsp3) is 0.500. The van der Waals surface area contributed by atoms with Gasteiger partial charge < -0.3 is 4.90 Å². The van der Waals surface area contributed by atoms with Gasteiger partial charge in [0.1, 0.15) is 0 Å². The van der Waals surface area contributed by atoms with E-state index < -0.39 is 9.84 Å². The van der Waals surface area contributed by atoms with Crippen LogP contribution in [0.5, 0.6) is 0 Å². The lowest BCUT2D eigenvalue weighted by molar-refractivity contribution is 0.0655. The van der Waals surface area contributed by atoms with Crippen molar-refractivity contribution in [1.29, 1.82) is 0 Å². The minimum atomic E-state index is -3.03. The Kier molecular flexibility index (Phi) is 4.75. The number of benzene rings is 1. The zero-order chi connectivity index (χ0) is 14.8. The summed E-state index contributed by atoms with van der Waals surface area (Å²) in [7, 11) is -3.03. The summed E-state index contributed by atoms with van der Waals surface area (Å²) in [5, 5.41) is -0.387. The third-order valence-corrected chi connectivity index (χ3v) is 6.54. The number of rotatable bonds is 5. The summed E-state index contributed by atoms with van der Waals surface area (Å²) in [6.07, 6.45) is 0. The van der Waals surface area contributed by atoms with Gasteiger partial charge in [-0.05, 0) is 17.9 Å². The lowest BCUT2D eigenvalue weighted by atomic mass is 10.1.